The number of hydrogen-bond donors (Lipinski definition) is 1. The second-order valence-electron chi connectivity index (χ2n) is 6.86. The van der Waals surface area contributed by atoms with Crippen molar-refractivity contribution in [1.29, 1.82) is 0 Å². The van der Waals surface area contributed by atoms with Gasteiger partial charge in [0.15, 0.2) is 0 Å². The van der Waals surface area contributed by atoms with Crippen molar-refractivity contribution in [2.75, 3.05) is 0 Å². The Balaban J connectivity index is 1.71. The van der Waals surface area contributed by atoms with Crippen molar-refractivity contribution in [2.45, 2.75) is 20.5 Å². The van der Waals surface area contributed by atoms with Gasteiger partial charge in [-0.3, -0.25) is 0 Å². The Labute approximate surface area is 163 Å². The molecule has 0 aliphatic rings. The van der Waals surface area contributed by atoms with Gasteiger partial charge in [0, 0.05) is 23.1 Å². The molecule has 0 amide bonds. The first-order valence-electron chi connectivity index (χ1n) is 9.16. The van der Waals surface area contributed by atoms with Gasteiger partial charge in [0.2, 0.25) is 0 Å². The molecule has 0 saturated heterocycles. The fraction of sp³-hybridized carbons (Fsp3) is 0.125. The van der Waals surface area contributed by atoms with E-state index in [1.54, 1.807) is 12.1 Å². The van der Waals surface area contributed by atoms with Crippen LogP contribution in [0.4, 0.5) is 0 Å². The number of carboxylic acid groups (broad SMARTS) is 1. The van der Waals surface area contributed by atoms with E-state index in [1.165, 1.54) is 0 Å². The summed E-state index contributed by atoms with van der Waals surface area (Å²) < 4.78 is 8.10. The molecule has 1 heterocycles. The van der Waals surface area contributed by atoms with E-state index in [4.69, 9.17) is 4.74 Å². The predicted octanol–water partition coefficient (Wildman–Crippen LogP) is 5.52. The van der Waals surface area contributed by atoms with Crippen LogP contribution in [-0.4, -0.2) is 15.6 Å². The maximum absolute atomic E-state index is 11.7. The normalized spacial score (nSPS) is 10.9. The number of aromatic nitrogens is 1. The van der Waals surface area contributed by atoms with Crippen LogP contribution in [0.3, 0.4) is 0 Å². The molecule has 4 aromatic rings. The van der Waals surface area contributed by atoms with E-state index in [-0.39, 0.29) is 5.56 Å². The molecule has 1 aromatic heterocycles. The maximum Gasteiger partial charge on any atom is 0.339 e. The molecule has 4 heteroatoms. The smallest absolute Gasteiger partial charge is 0.339 e. The third kappa shape index (κ3) is 3.25. The molecule has 0 atom stereocenters. The lowest BCUT2D eigenvalue weighted by molar-refractivity contribution is 0.0692. The Hall–Kier alpha value is -3.53. The van der Waals surface area contributed by atoms with Crippen molar-refractivity contribution >= 4 is 16.7 Å². The standard InChI is InChI=1S/C24H21NO3/c1-16-10-11-17(2)25(16)20-12-13-22(24(26)27)23(14-20)28-15-19-8-5-7-18-6-3-4-9-21(18)19/h3-14H,15H2,1-2H3,(H,26,27). The van der Waals surface area contributed by atoms with Gasteiger partial charge < -0.3 is 14.4 Å². The highest BCUT2D eigenvalue weighted by Crippen LogP contribution is 2.27. The summed E-state index contributed by atoms with van der Waals surface area (Å²) >= 11 is 0. The number of rotatable bonds is 5. The van der Waals surface area contributed by atoms with Crippen molar-refractivity contribution in [1.82, 2.24) is 4.57 Å². The molecule has 4 rings (SSSR count). The molecule has 0 aliphatic carbocycles. The average Bonchev–Trinajstić information content (AvgIpc) is 3.04. The number of carboxylic acids is 1. The van der Waals surface area contributed by atoms with E-state index < -0.39 is 5.97 Å². The SMILES string of the molecule is Cc1ccc(C)n1-c1ccc(C(=O)O)c(OCc2cccc3ccccc23)c1. The van der Waals surface area contributed by atoms with Gasteiger partial charge in [0.1, 0.15) is 17.9 Å². The Morgan fingerprint density at radius 3 is 2.39 bits per heavy atom. The van der Waals surface area contributed by atoms with Gasteiger partial charge in [-0.05, 0) is 54.4 Å². The molecule has 0 bridgehead atoms. The number of aromatic carboxylic acids is 1. The summed E-state index contributed by atoms with van der Waals surface area (Å²) in [5.74, 6) is -0.633. The van der Waals surface area contributed by atoms with Crippen LogP contribution in [0.25, 0.3) is 16.5 Å². The summed E-state index contributed by atoms with van der Waals surface area (Å²) in [7, 11) is 0. The Bertz CT molecular complexity index is 1150. The lowest BCUT2D eigenvalue weighted by Crippen LogP contribution is -2.06. The van der Waals surface area contributed by atoms with Crippen molar-refractivity contribution in [3.63, 3.8) is 0 Å². The summed E-state index contributed by atoms with van der Waals surface area (Å²) in [6, 6.07) is 23.4. The minimum atomic E-state index is -1.000. The van der Waals surface area contributed by atoms with Crippen LogP contribution in [0.1, 0.15) is 27.3 Å². The second kappa shape index (κ2) is 7.24. The van der Waals surface area contributed by atoms with Gasteiger partial charge in [-0.15, -0.1) is 0 Å². The molecule has 3 aromatic carbocycles. The third-order valence-electron chi connectivity index (χ3n) is 4.99. The molecule has 0 aliphatic heterocycles. The van der Waals surface area contributed by atoms with Crippen molar-refractivity contribution in [2.24, 2.45) is 0 Å². The van der Waals surface area contributed by atoms with Gasteiger partial charge in [-0.1, -0.05) is 42.5 Å². The van der Waals surface area contributed by atoms with Gasteiger partial charge in [-0.25, -0.2) is 4.79 Å². The first-order chi connectivity index (χ1) is 13.5. The Kier molecular flexibility index (Phi) is 4.62. The van der Waals surface area contributed by atoms with E-state index >= 15 is 0 Å². The van der Waals surface area contributed by atoms with E-state index in [2.05, 4.69) is 22.8 Å². The van der Waals surface area contributed by atoms with Crippen LogP contribution in [0.5, 0.6) is 5.75 Å². The third-order valence-corrected chi connectivity index (χ3v) is 4.99. The van der Waals surface area contributed by atoms with Crippen LogP contribution >= 0.6 is 0 Å². The molecule has 4 nitrogen and oxygen atoms in total. The zero-order valence-corrected chi connectivity index (χ0v) is 15.8. The average molecular weight is 371 g/mol. The molecule has 0 saturated carbocycles. The first kappa shape index (κ1) is 17.9. The number of fused-ring (bicyclic) bond motifs is 1. The molecule has 0 unspecified atom stereocenters. The minimum Gasteiger partial charge on any atom is -0.488 e. The summed E-state index contributed by atoms with van der Waals surface area (Å²) in [6.07, 6.45) is 0. The summed E-state index contributed by atoms with van der Waals surface area (Å²) in [5, 5.41) is 11.8. The number of hydrogen-bond acceptors (Lipinski definition) is 2. The molecular formula is C24H21NO3. The fourth-order valence-corrected chi connectivity index (χ4v) is 3.60. The van der Waals surface area contributed by atoms with Crippen LogP contribution < -0.4 is 4.74 Å². The topological polar surface area (TPSA) is 51.5 Å². The van der Waals surface area contributed by atoms with E-state index in [0.29, 0.717) is 12.4 Å². The summed E-state index contributed by atoms with van der Waals surface area (Å²) in [5.41, 5.74) is 4.23. The molecule has 28 heavy (non-hydrogen) atoms. The van der Waals surface area contributed by atoms with Gasteiger partial charge in [0.25, 0.3) is 0 Å². The quantitative estimate of drug-likeness (QED) is 0.502. The zero-order valence-electron chi connectivity index (χ0n) is 15.8. The molecule has 1 N–H and O–H groups in total. The van der Waals surface area contributed by atoms with Crippen LogP contribution in [-0.2, 0) is 6.61 Å². The van der Waals surface area contributed by atoms with Crippen LogP contribution in [0.15, 0.2) is 72.8 Å². The zero-order chi connectivity index (χ0) is 19.7. The summed E-state index contributed by atoms with van der Waals surface area (Å²) in [6.45, 7) is 4.35. The first-order valence-corrected chi connectivity index (χ1v) is 9.16. The number of aryl methyl sites for hydroxylation is 2. The van der Waals surface area contributed by atoms with Gasteiger partial charge in [-0.2, -0.15) is 0 Å². The van der Waals surface area contributed by atoms with E-state index in [0.717, 1.165) is 33.4 Å². The fourth-order valence-electron chi connectivity index (χ4n) is 3.60. The minimum absolute atomic E-state index is 0.159. The lowest BCUT2D eigenvalue weighted by Gasteiger charge is -2.15. The molecule has 140 valence electrons. The number of carbonyl (C=O) groups is 1. The number of benzene rings is 3. The van der Waals surface area contributed by atoms with Crippen LogP contribution in [0.2, 0.25) is 0 Å². The Morgan fingerprint density at radius 1 is 0.929 bits per heavy atom. The molecule has 0 spiro atoms. The second-order valence-corrected chi connectivity index (χ2v) is 6.86. The number of nitrogens with zero attached hydrogens (tertiary/aromatic N) is 1. The predicted molar refractivity (Wildman–Crippen MR) is 110 cm³/mol. The largest absolute Gasteiger partial charge is 0.488 e. The van der Waals surface area contributed by atoms with Gasteiger partial charge >= 0.3 is 5.97 Å². The van der Waals surface area contributed by atoms with Gasteiger partial charge in [0.05, 0.1) is 0 Å². The molecule has 0 fully saturated rings. The van der Waals surface area contributed by atoms with Crippen LogP contribution in [0, 0.1) is 13.8 Å². The highest BCUT2D eigenvalue weighted by molar-refractivity contribution is 5.91. The van der Waals surface area contributed by atoms with Crippen molar-refractivity contribution in [3.8, 4) is 11.4 Å². The van der Waals surface area contributed by atoms with E-state index in [9.17, 15) is 9.90 Å². The monoisotopic (exact) mass is 371 g/mol. The van der Waals surface area contributed by atoms with Crippen molar-refractivity contribution < 1.29 is 14.6 Å². The van der Waals surface area contributed by atoms with Crippen molar-refractivity contribution in [3.05, 3.63) is 95.3 Å². The van der Waals surface area contributed by atoms with E-state index in [1.807, 2.05) is 56.3 Å². The maximum atomic E-state index is 11.7. The highest BCUT2D eigenvalue weighted by atomic mass is 16.5. The lowest BCUT2D eigenvalue weighted by atomic mass is 10.1. The summed E-state index contributed by atoms with van der Waals surface area (Å²) in [4.78, 5) is 11.7. The Morgan fingerprint density at radius 2 is 1.64 bits per heavy atom. The molecule has 0 radical (unpaired) electrons. The number of ether oxygens (including phenoxy) is 1. The molecular weight excluding hydrogens is 350 g/mol. The highest BCUT2D eigenvalue weighted by Gasteiger charge is 2.15.